The summed E-state index contributed by atoms with van der Waals surface area (Å²) in [6, 6.07) is 11.1. The van der Waals surface area contributed by atoms with Crippen molar-refractivity contribution in [1.82, 2.24) is 4.90 Å². The fourth-order valence-corrected chi connectivity index (χ4v) is 3.45. The second-order valence-corrected chi connectivity index (χ2v) is 8.30. The largest absolute Gasteiger partial charge is 0.335 e. The Morgan fingerprint density at radius 3 is 2.24 bits per heavy atom. The normalized spacial score (nSPS) is 12.5. The highest BCUT2D eigenvalue weighted by molar-refractivity contribution is 7.92. The molecule has 5 nitrogen and oxygen atoms in total. The minimum atomic E-state index is -3.36. The van der Waals surface area contributed by atoms with E-state index in [9.17, 15) is 13.2 Å². The van der Waals surface area contributed by atoms with E-state index in [2.05, 4.69) is 4.72 Å². The molecule has 0 aromatic heterocycles. The van der Waals surface area contributed by atoms with Crippen molar-refractivity contribution >= 4 is 44.8 Å². The van der Waals surface area contributed by atoms with Crippen LogP contribution in [-0.4, -0.2) is 32.5 Å². The number of hydrogen-bond donors (Lipinski definition) is 1. The standard InChI is InChI=1S/C17H18Cl2N2O3S/c1-11(15-9-6-13(18)10-16(15)19)21(2)17(22)12-4-7-14(8-5-12)20-25(3,23)24/h4-11,20H,1-3H3/t11-/m0/s1. The van der Waals surface area contributed by atoms with Crippen LogP contribution in [0, 0.1) is 0 Å². The molecule has 2 aromatic carbocycles. The number of benzene rings is 2. The van der Waals surface area contributed by atoms with E-state index in [4.69, 9.17) is 23.2 Å². The van der Waals surface area contributed by atoms with Crippen molar-refractivity contribution in [3.63, 3.8) is 0 Å². The van der Waals surface area contributed by atoms with Crippen molar-refractivity contribution in [2.45, 2.75) is 13.0 Å². The summed E-state index contributed by atoms with van der Waals surface area (Å²) in [5.74, 6) is -0.204. The zero-order valence-corrected chi connectivity index (χ0v) is 16.3. The highest BCUT2D eigenvalue weighted by Crippen LogP contribution is 2.29. The fraction of sp³-hybridized carbons (Fsp3) is 0.235. The van der Waals surface area contributed by atoms with Crippen LogP contribution in [0.3, 0.4) is 0 Å². The molecule has 1 amide bonds. The van der Waals surface area contributed by atoms with Crippen molar-refractivity contribution in [1.29, 1.82) is 0 Å². The number of rotatable bonds is 5. The zero-order valence-electron chi connectivity index (χ0n) is 14.0. The van der Waals surface area contributed by atoms with Gasteiger partial charge in [-0.3, -0.25) is 9.52 Å². The second-order valence-electron chi connectivity index (χ2n) is 5.71. The van der Waals surface area contributed by atoms with E-state index in [0.29, 0.717) is 21.3 Å². The molecule has 1 N–H and O–H groups in total. The van der Waals surface area contributed by atoms with Gasteiger partial charge in [-0.25, -0.2) is 8.42 Å². The lowest BCUT2D eigenvalue weighted by Crippen LogP contribution is -2.29. The molecule has 0 spiro atoms. The molecule has 0 bridgehead atoms. The van der Waals surface area contributed by atoms with Crippen LogP contribution >= 0.6 is 23.2 Å². The number of sulfonamides is 1. The van der Waals surface area contributed by atoms with Crippen LogP contribution in [0.4, 0.5) is 5.69 Å². The van der Waals surface area contributed by atoms with Crippen LogP contribution in [0.2, 0.25) is 10.0 Å². The number of anilines is 1. The van der Waals surface area contributed by atoms with Crippen LogP contribution in [0.15, 0.2) is 42.5 Å². The summed E-state index contributed by atoms with van der Waals surface area (Å²) in [4.78, 5) is 14.2. The Morgan fingerprint density at radius 1 is 1.12 bits per heavy atom. The molecule has 25 heavy (non-hydrogen) atoms. The molecule has 0 fully saturated rings. The Hall–Kier alpha value is -1.76. The maximum Gasteiger partial charge on any atom is 0.254 e. The summed E-state index contributed by atoms with van der Waals surface area (Å²) in [5, 5.41) is 1.02. The van der Waals surface area contributed by atoms with E-state index in [1.165, 1.54) is 0 Å². The minimum Gasteiger partial charge on any atom is -0.335 e. The molecular formula is C17H18Cl2N2O3S. The topological polar surface area (TPSA) is 66.5 Å². The van der Waals surface area contributed by atoms with Gasteiger partial charge in [0.2, 0.25) is 10.0 Å². The number of carbonyl (C=O) groups is 1. The van der Waals surface area contributed by atoms with Gasteiger partial charge in [-0.2, -0.15) is 0 Å². The third-order valence-corrected chi connectivity index (χ3v) is 4.92. The number of carbonyl (C=O) groups excluding carboxylic acids is 1. The van der Waals surface area contributed by atoms with Crippen molar-refractivity contribution in [2.75, 3.05) is 18.0 Å². The molecule has 1 atom stereocenters. The maximum absolute atomic E-state index is 12.7. The monoisotopic (exact) mass is 400 g/mol. The van der Waals surface area contributed by atoms with E-state index in [1.807, 2.05) is 6.92 Å². The van der Waals surface area contributed by atoms with Gasteiger partial charge in [0.25, 0.3) is 5.91 Å². The second kappa shape index (κ2) is 7.64. The molecular weight excluding hydrogens is 383 g/mol. The lowest BCUT2D eigenvalue weighted by molar-refractivity contribution is 0.0743. The Morgan fingerprint density at radius 2 is 1.72 bits per heavy atom. The predicted molar refractivity (Wildman–Crippen MR) is 102 cm³/mol. The first-order chi connectivity index (χ1) is 11.6. The summed E-state index contributed by atoms with van der Waals surface area (Å²) in [6.07, 6.45) is 1.07. The summed E-state index contributed by atoms with van der Waals surface area (Å²) in [7, 11) is -1.67. The molecule has 2 aromatic rings. The molecule has 134 valence electrons. The number of nitrogens with zero attached hydrogens (tertiary/aromatic N) is 1. The summed E-state index contributed by atoms with van der Waals surface area (Å²) in [6.45, 7) is 1.87. The quantitative estimate of drug-likeness (QED) is 0.817. The van der Waals surface area contributed by atoms with Crippen LogP contribution in [-0.2, 0) is 10.0 Å². The number of amides is 1. The van der Waals surface area contributed by atoms with Crippen LogP contribution in [0.25, 0.3) is 0 Å². The Labute approximate surface area is 157 Å². The first-order valence-corrected chi connectivity index (χ1v) is 10.0. The van der Waals surface area contributed by atoms with Gasteiger partial charge >= 0.3 is 0 Å². The Bertz CT molecular complexity index is 883. The SMILES string of the molecule is C[C@@H](c1ccc(Cl)cc1Cl)N(C)C(=O)c1ccc(NS(C)(=O)=O)cc1. The van der Waals surface area contributed by atoms with Gasteiger partial charge in [-0.1, -0.05) is 29.3 Å². The van der Waals surface area contributed by atoms with Crippen LogP contribution in [0.5, 0.6) is 0 Å². The zero-order chi connectivity index (χ0) is 18.8. The summed E-state index contributed by atoms with van der Waals surface area (Å²) < 4.78 is 24.8. The average Bonchev–Trinajstić information content (AvgIpc) is 2.52. The number of halogens is 2. The van der Waals surface area contributed by atoms with Crippen molar-refractivity contribution in [3.05, 3.63) is 63.6 Å². The van der Waals surface area contributed by atoms with Crippen LogP contribution in [0.1, 0.15) is 28.9 Å². The van der Waals surface area contributed by atoms with E-state index < -0.39 is 10.0 Å². The van der Waals surface area contributed by atoms with Crippen molar-refractivity contribution in [2.24, 2.45) is 0 Å². The maximum atomic E-state index is 12.7. The summed E-state index contributed by atoms with van der Waals surface area (Å²) >= 11 is 12.1. The molecule has 0 unspecified atom stereocenters. The van der Waals surface area contributed by atoms with E-state index in [1.54, 1.807) is 54.4 Å². The van der Waals surface area contributed by atoms with E-state index in [0.717, 1.165) is 11.8 Å². The molecule has 0 saturated heterocycles. The first-order valence-electron chi connectivity index (χ1n) is 7.38. The Balaban J connectivity index is 2.18. The third-order valence-electron chi connectivity index (χ3n) is 3.75. The highest BCUT2D eigenvalue weighted by Gasteiger charge is 2.21. The first kappa shape index (κ1) is 19.6. The molecule has 2 rings (SSSR count). The molecule has 0 saturated carbocycles. The Kier molecular flexibility index (Phi) is 5.98. The highest BCUT2D eigenvalue weighted by atomic mass is 35.5. The van der Waals surface area contributed by atoms with Gasteiger partial charge in [-0.15, -0.1) is 0 Å². The van der Waals surface area contributed by atoms with Crippen LogP contribution < -0.4 is 4.72 Å². The third kappa shape index (κ3) is 5.11. The fourth-order valence-electron chi connectivity index (χ4n) is 2.32. The van der Waals surface area contributed by atoms with Crippen molar-refractivity contribution in [3.8, 4) is 0 Å². The van der Waals surface area contributed by atoms with Gasteiger partial charge < -0.3 is 4.90 Å². The molecule has 0 aliphatic rings. The molecule has 0 heterocycles. The molecule has 0 aliphatic carbocycles. The van der Waals surface area contributed by atoms with E-state index >= 15 is 0 Å². The van der Waals surface area contributed by atoms with Crippen molar-refractivity contribution < 1.29 is 13.2 Å². The number of hydrogen-bond acceptors (Lipinski definition) is 3. The molecule has 0 radical (unpaired) electrons. The van der Waals surface area contributed by atoms with Gasteiger partial charge in [0.15, 0.2) is 0 Å². The lowest BCUT2D eigenvalue weighted by atomic mass is 10.1. The minimum absolute atomic E-state index is 0.204. The smallest absolute Gasteiger partial charge is 0.254 e. The number of nitrogens with one attached hydrogen (secondary N) is 1. The predicted octanol–water partition coefficient (Wildman–Crippen LogP) is 4.20. The molecule has 8 heteroatoms. The summed E-state index contributed by atoms with van der Waals surface area (Å²) in [5.41, 5.74) is 1.63. The van der Waals surface area contributed by atoms with Gasteiger partial charge in [-0.05, 0) is 48.9 Å². The molecule has 0 aliphatic heterocycles. The average molecular weight is 401 g/mol. The van der Waals surface area contributed by atoms with Gasteiger partial charge in [0.05, 0.1) is 12.3 Å². The lowest BCUT2D eigenvalue weighted by Gasteiger charge is -2.26. The van der Waals surface area contributed by atoms with E-state index in [-0.39, 0.29) is 11.9 Å². The van der Waals surface area contributed by atoms with Gasteiger partial charge in [0.1, 0.15) is 0 Å². The van der Waals surface area contributed by atoms with Gasteiger partial charge in [0, 0.05) is 28.3 Å².